The van der Waals surface area contributed by atoms with Crippen LogP contribution >= 0.6 is 0 Å². The molecule has 0 unspecified atom stereocenters. The highest BCUT2D eigenvalue weighted by Crippen LogP contribution is 2.26. The molecule has 0 aromatic carbocycles. The number of carbonyl (C=O) groups is 1. The molecule has 1 N–H and O–H groups in total. The van der Waals surface area contributed by atoms with Crippen molar-refractivity contribution in [2.45, 2.75) is 57.3 Å². The van der Waals surface area contributed by atoms with E-state index >= 15 is 0 Å². The number of nitrogens with zero attached hydrogens (tertiary/aromatic N) is 3. The summed E-state index contributed by atoms with van der Waals surface area (Å²) in [7, 11) is 0. The lowest BCUT2D eigenvalue weighted by atomic mass is 10.0. The highest BCUT2D eigenvalue weighted by atomic mass is 16.5. The van der Waals surface area contributed by atoms with Crippen LogP contribution in [0.4, 0.5) is 0 Å². The quantitative estimate of drug-likeness (QED) is 0.873. The topological polar surface area (TPSA) is 57.7 Å². The van der Waals surface area contributed by atoms with E-state index in [4.69, 9.17) is 4.74 Å². The minimum atomic E-state index is 0.130. The van der Waals surface area contributed by atoms with Crippen molar-refractivity contribution in [2.24, 2.45) is 5.92 Å². The highest BCUT2D eigenvalue weighted by Gasteiger charge is 2.39. The Morgan fingerprint density at radius 2 is 1.93 bits per heavy atom. The number of aromatic nitrogens is 1. The summed E-state index contributed by atoms with van der Waals surface area (Å²) >= 11 is 0. The maximum absolute atomic E-state index is 12.6. The third kappa shape index (κ3) is 4.33. The summed E-state index contributed by atoms with van der Waals surface area (Å²) in [6.07, 6.45) is 6.99. The molecule has 0 spiro atoms. The van der Waals surface area contributed by atoms with Gasteiger partial charge in [-0.1, -0.05) is 13.8 Å². The minimum Gasteiger partial charge on any atom is -0.375 e. The fourth-order valence-corrected chi connectivity index (χ4v) is 4.68. The molecule has 3 aliphatic rings. The van der Waals surface area contributed by atoms with Gasteiger partial charge in [-0.25, -0.2) is 0 Å². The fourth-order valence-electron chi connectivity index (χ4n) is 4.68. The van der Waals surface area contributed by atoms with Gasteiger partial charge in [-0.3, -0.25) is 14.7 Å². The van der Waals surface area contributed by atoms with Crippen LogP contribution in [0, 0.1) is 5.92 Å². The first-order chi connectivity index (χ1) is 13.1. The first-order valence-electron chi connectivity index (χ1n) is 10.4. The number of pyridine rings is 1. The minimum absolute atomic E-state index is 0.130. The van der Waals surface area contributed by atoms with Gasteiger partial charge in [0, 0.05) is 62.3 Å². The third-order valence-electron chi connectivity index (χ3n) is 6.37. The van der Waals surface area contributed by atoms with Crippen LogP contribution in [0.25, 0.3) is 0 Å². The van der Waals surface area contributed by atoms with Crippen molar-refractivity contribution in [3.63, 3.8) is 0 Å². The number of ether oxygens (including phenoxy) is 1. The van der Waals surface area contributed by atoms with Crippen molar-refractivity contribution >= 4 is 5.91 Å². The predicted molar refractivity (Wildman–Crippen MR) is 105 cm³/mol. The van der Waals surface area contributed by atoms with Gasteiger partial charge in [0.1, 0.15) is 0 Å². The number of piperidine rings is 1. The van der Waals surface area contributed by atoms with E-state index in [1.54, 1.807) is 24.5 Å². The Kier molecular flexibility index (Phi) is 5.76. The van der Waals surface area contributed by atoms with Crippen molar-refractivity contribution in [3.8, 4) is 0 Å². The van der Waals surface area contributed by atoms with Gasteiger partial charge in [0.25, 0.3) is 5.91 Å². The van der Waals surface area contributed by atoms with Crippen molar-refractivity contribution in [1.82, 2.24) is 20.1 Å². The Morgan fingerprint density at radius 1 is 1.19 bits per heavy atom. The van der Waals surface area contributed by atoms with Crippen LogP contribution in [0.1, 0.15) is 43.5 Å². The number of rotatable bonds is 4. The molecule has 6 nitrogen and oxygen atoms in total. The Bertz CT molecular complexity index is 630. The molecule has 3 aliphatic heterocycles. The Morgan fingerprint density at radius 3 is 2.63 bits per heavy atom. The number of likely N-dealkylation sites (tertiary alicyclic amines) is 1. The average Bonchev–Trinajstić information content (AvgIpc) is 3.10. The Balaban J connectivity index is 1.24. The summed E-state index contributed by atoms with van der Waals surface area (Å²) < 4.78 is 6.06. The summed E-state index contributed by atoms with van der Waals surface area (Å²) in [6, 6.07) is 5.24. The smallest absolute Gasteiger partial charge is 0.253 e. The molecular weight excluding hydrogens is 340 g/mol. The average molecular weight is 373 g/mol. The first kappa shape index (κ1) is 18.8. The van der Waals surface area contributed by atoms with Crippen LogP contribution in [0.15, 0.2) is 24.5 Å². The predicted octanol–water partition coefficient (Wildman–Crippen LogP) is 1.77. The Hall–Kier alpha value is -1.50. The number of hydrogen-bond donors (Lipinski definition) is 1. The van der Waals surface area contributed by atoms with E-state index in [0.717, 1.165) is 51.2 Å². The lowest BCUT2D eigenvalue weighted by Gasteiger charge is -2.36. The van der Waals surface area contributed by atoms with Crippen LogP contribution in [-0.4, -0.2) is 77.7 Å². The maximum Gasteiger partial charge on any atom is 0.253 e. The molecule has 0 saturated carbocycles. The third-order valence-corrected chi connectivity index (χ3v) is 6.37. The second kappa shape index (κ2) is 8.25. The van der Waals surface area contributed by atoms with Crippen LogP contribution in [0.2, 0.25) is 0 Å². The largest absolute Gasteiger partial charge is 0.375 e. The van der Waals surface area contributed by atoms with Gasteiger partial charge >= 0.3 is 0 Å². The van der Waals surface area contributed by atoms with Gasteiger partial charge in [0.2, 0.25) is 0 Å². The summed E-state index contributed by atoms with van der Waals surface area (Å²) in [5.74, 6) is 0.714. The number of hydrogen-bond acceptors (Lipinski definition) is 5. The number of morpholine rings is 1. The van der Waals surface area contributed by atoms with Gasteiger partial charge in [-0.2, -0.15) is 0 Å². The Labute approximate surface area is 162 Å². The molecule has 0 radical (unpaired) electrons. The zero-order valence-corrected chi connectivity index (χ0v) is 16.5. The first-order valence-corrected chi connectivity index (χ1v) is 10.4. The van der Waals surface area contributed by atoms with E-state index < -0.39 is 0 Å². The highest BCUT2D eigenvalue weighted by molar-refractivity contribution is 5.94. The van der Waals surface area contributed by atoms with Crippen LogP contribution in [-0.2, 0) is 4.74 Å². The van der Waals surface area contributed by atoms with Gasteiger partial charge in [-0.15, -0.1) is 0 Å². The van der Waals surface area contributed by atoms with Crippen molar-refractivity contribution in [1.29, 1.82) is 0 Å². The number of nitrogens with one attached hydrogen (secondary N) is 1. The van der Waals surface area contributed by atoms with Crippen molar-refractivity contribution < 1.29 is 9.53 Å². The van der Waals surface area contributed by atoms with Crippen molar-refractivity contribution in [2.75, 3.05) is 32.8 Å². The molecule has 1 amide bonds. The normalized spacial score (nSPS) is 29.9. The van der Waals surface area contributed by atoms with Gasteiger partial charge in [0.05, 0.1) is 12.7 Å². The number of fused-ring (bicyclic) bond motifs is 1. The standard InChI is InChI=1S/C21H32N4O2/c1-15(2)20-13-25-12-18(11-19(25)14-27-20)23-17-5-9-24(10-6-17)21(26)16-3-7-22-8-4-16/h3-4,7-8,15,17-20,23H,5-6,9-14H2,1-2H3/t18-,19-,20+/m0/s1. The zero-order valence-electron chi connectivity index (χ0n) is 16.5. The molecule has 6 heteroatoms. The van der Waals surface area contributed by atoms with Crippen molar-refractivity contribution in [3.05, 3.63) is 30.1 Å². The molecule has 3 fully saturated rings. The van der Waals surface area contributed by atoms with E-state index in [1.807, 2.05) is 4.90 Å². The maximum atomic E-state index is 12.6. The molecule has 3 atom stereocenters. The zero-order chi connectivity index (χ0) is 18.8. The summed E-state index contributed by atoms with van der Waals surface area (Å²) in [5.41, 5.74) is 0.740. The molecule has 0 aliphatic carbocycles. The monoisotopic (exact) mass is 372 g/mol. The lowest BCUT2D eigenvalue weighted by Crippen LogP contribution is -2.49. The van der Waals surface area contributed by atoms with E-state index in [9.17, 15) is 4.79 Å². The van der Waals surface area contributed by atoms with E-state index in [0.29, 0.717) is 30.1 Å². The second-order valence-corrected chi connectivity index (χ2v) is 8.63. The van der Waals surface area contributed by atoms with Gasteiger partial charge < -0.3 is 15.0 Å². The molecule has 3 saturated heterocycles. The van der Waals surface area contributed by atoms with E-state index in [2.05, 4.69) is 29.0 Å². The summed E-state index contributed by atoms with van der Waals surface area (Å²) in [6.45, 7) is 9.23. The van der Waals surface area contributed by atoms with E-state index in [-0.39, 0.29) is 5.91 Å². The van der Waals surface area contributed by atoms with Gasteiger partial charge in [-0.05, 0) is 37.3 Å². The van der Waals surface area contributed by atoms with Crippen LogP contribution in [0.5, 0.6) is 0 Å². The van der Waals surface area contributed by atoms with Crippen LogP contribution < -0.4 is 5.32 Å². The molecule has 4 heterocycles. The molecule has 1 aromatic rings. The molecule has 27 heavy (non-hydrogen) atoms. The summed E-state index contributed by atoms with van der Waals surface area (Å²) in [5, 5.41) is 3.87. The molecule has 1 aromatic heterocycles. The number of carbonyl (C=O) groups excluding carboxylic acids is 1. The molecule has 4 rings (SSSR count). The molecular formula is C21H32N4O2. The fraction of sp³-hybridized carbons (Fsp3) is 0.714. The van der Waals surface area contributed by atoms with Crippen LogP contribution in [0.3, 0.4) is 0 Å². The molecule has 148 valence electrons. The second-order valence-electron chi connectivity index (χ2n) is 8.63. The number of amides is 1. The lowest BCUT2D eigenvalue weighted by molar-refractivity contribution is -0.0683. The SMILES string of the molecule is CC(C)[C@H]1CN2C[C@@H](NC3CCN(C(=O)c4ccncc4)CC3)C[C@H]2CO1. The van der Waals surface area contributed by atoms with E-state index in [1.165, 1.54) is 6.42 Å². The summed E-state index contributed by atoms with van der Waals surface area (Å²) in [4.78, 5) is 21.2. The van der Waals surface area contributed by atoms with Gasteiger partial charge in [0.15, 0.2) is 0 Å². The molecule has 0 bridgehead atoms.